The number of esters is 15. The molecular weight excluding hydrogens is 1350 g/mol. The molecule has 99 heavy (non-hydrogen) atoms. The van der Waals surface area contributed by atoms with Gasteiger partial charge in [0, 0.05) is 104 Å². The van der Waals surface area contributed by atoms with E-state index in [0.717, 1.165) is 104 Å². The molecule has 0 radical (unpaired) electrons. The number of carbonyl (C=O) groups is 15. The molecule has 556 valence electrons. The van der Waals surface area contributed by atoms with Crippen LogP contribution in [0.1, 0.15) is 104 Å². The number of rotatable bonds is 27. The van der Waals surface area contributed by atoms with Crippen molar-refractivity contribution < 1.29 is 190 Å². The van der Waals surface area contributed by atoms with Crippen LogP contribution in [0.15, 0.2) is 0 Å². The number of halogens is 1. The maximum absolute atomic E-state index is 16.2. The minimum absolute atomic E-state index is 0.661. The minimum atomic E-state index is -2.67. The zero-order valence-electron chi connectivity index (χ0n) is 56.2. The van der Waals surface area contributed by atoms with E-state index in [4.69, 9.17) is 114 Å². The van der Waals surface area contributed by atoms with E-state index in [-0.39, 0.29) is 0 Å². The Morgan fingerprint density at radius 1 is 0.263 bits per heavy atom. The predicted octanol–water partition coefficient (Wildman–Crippen LogP) is -1.75. The van der Waals surface area contributed by atoms with Crippen LogP contribution in [-0.4, -0.2) is 270 Å². The van der Waals surface area contributed by atoms with E-state index in [9.17, 15) is 71.9 Å². The van der Waals surface area contributed by atoms with E-state index in [2.05, 4.69) is 0 Å². The highest BCUT2D eigenvalue weighted by Crippen LogP contribution is 2.41. The van der Waals surface area contributed by atoms with Crippen LogP contribution in [0.2, 0.25) is 0 Å². The van der Waals surface area contributed by atoms with E-state index < -0.39 is 270 Å². The van der Waals surface area contributed by atoms with Crippen LogP contribution >= 0.6 is 0 Å². The van der Waals surface area contributed by atoms with Gasteiger partial charge in [0.2, 0.25) is 6.36 Å². The van der Waals surface area contributed by atoms with E-state index >= 15 is 4.39 Å². The first kappa shape index (κ1) is 81.3. The Morgan fingerprint density at radius 2 is 0.505 bits per heavy atom. The van der Waals surface area contributed by atoms with Gasteiger partial charge in [0.25, 0.3) is 0 Å². The lowest BCUT2D eigenvalue weighted by molar-refractivity contribution is -0.389. The van der Waals surface area contributed by atoms with E-state index in [1.807, 2.05) is 0 Å². The Hall–Kier alpha value is -8.38. The smallest absolute Gasteiger partial charge is 0.303 e. The molecule has 5 heterocycles. The van der Waals surface area contributed by atoms with Gasteiger partial charge < -0.3 is 114 Å². The monoisotopic (exact) mass is 1430 g/mol. The molecule has 24 atom stereocenters. The standard InChI is InChI=1S/C59H79FO39/c1-21(61)76-16-37-42(46(84-27(7)67)50(55(60)93-37)88-31(11)71)97-59-54(92-35(15)75)49(87-30(10)70)44(40(96-59)20-80-56-51(89-32(12)72)45(83-26(6)66)36(19-79-56)81-24(4)64)99-58-53(91-34(14)74)48(86-29(9)69)43(39(95-58)18-78-23(3)63)98-57-52(90-33(13)73)47(85-28(8)68)41(82-25(5)65)38(94-57)17-77-22(2)62/h36-59H,16-20H2,1-15H3/t36-,37-,38-,39-,40-,41+,42-,43-,44-,45+,46+,47+,48+,49+,50-,51-,52-,53-,54-,55+,56-,57+,58+,59+/m1/s1. The normalized spacial score (nSPS) is 33.3. The first-order valence-corrected chi connectivity index (χ1v) is 30.3. The highest BCUT2D eigenvalue weighted by Gasteiger charge is 2.62. The minimum Gasteiger partial charge on any atom is -0.463 e. The maximum Gasteiger partial charge on any atom is 0.303 e. The zero-order valence-corrected chi connectivity index (χ0v) is 56.2. The van der Waals surface area contributed by atoms with Gasteiger partial charge in [0.1, 0.15) is 62.5 Å². The van der Waals surface area contributed by atoms with Crippen LogP contribution in [0.5, 0.6) is 0 Å². The van der Waals surface area contributed by atoms with Crippen LogP contribution in [0.4, 0.5) is 4.39 Å². The Bertz CT molecular complexity index is 2940. The topological polar surface area (TPSA) is 478 Å². The molecule has 5 saturated heterocycles. The lowest BCUT2D eigenvalue weighted by atomic mass is 9.94. The summed E-state index contributed by atoms with van der Waals surface area (Å²) in [6.45, 7) is 9.11. The lowest BCUT2D eigenvalue weighted by Crippen LogP contribution is -2.69. The molecule has 0 N–H and O–H groups in total. The summed E-state index contributed by atoms with van der Waals surface area (Å²) in [6, 6.07) is 0. The molecule has 0 spiro atoms. The zero-order chi connectivity index (χ0) is 74.0. The van der Waals surface area contributed by atoms with Crippen LogP contribution in [0.3, 0.4) is 0 Å². The van der Waals surface area contributed by atoms with Crippen molar-refractivity contribution >= 4 is 89.5 Å². The van der Waals surface area contributed by atoms with E-state index in [1.165, 1.54) is 0 Å². The number of hydrogen-bond donors (Lipinski definition) is 0. The highest BCUT2D eigenvalue weighted by atomic mass is 19.1. The Kier molecular flexibility index (Phi) is 30.5. The largest absolute Gasteiger partial charge is 0.463 e. The van der Waals surface area contributed by atoms with Gasteiger partial charge in [0.15, 0.2) is 98.4 Å². The third-order valence-corrected chi connectivity index (χ3v) is 14.0. The maximum atomic E-state index is 16.2. The Labute approximate surface area is 562 Å². The second kappa shape index (κ2) is 37.2. The molecule has 5 aliphatic heterocycles. The fraction of sp³-hybridized carbons (Fsp3) is 0.746. The number of alkyl halides is 1. The van der Waals surface area contributed by atoms with Crippen molar-refractivity contribution in [2.24, 2.45) is 0 Å². The van der Waals surface area contributed by atoms with Crippen molar-refractivity contribution in [3.05, 3.63) is 0 Å². The van der Waals surface area contributed by atoms with E-state index in [0.29, 0.717) is 0 Å². The summed E-state index contributed by atoms with van der Waals surface area (Å²) in [5.41, 5.74) is 0. The summed E-state index contributed by atoms with van der Waals surface area (Å²) in [4.78, 5) is 193. The number of ether oxygens (including phenoxy) is 24. The Morgan fingerprint density at radius 3 is 0.828 bits per heavy atom. The average Bonchev–Trinajstić information content (AvgIpc) is 0.764. The first-order chi connectivity index (χ1) is 46.3. The molecule has 5 aliphatic rings. The second-order valence-electron chi connectivity index (χ2n) is 22.4. The van der Waals surface area contributed by atoms with Crippen molar-refractivity contribution in [2.75, 3.05) is 33.0 Å². The van der Waals surface area contributed by atoms with Gasteiger partial charge in [-0.1, -0.05) is 0 Å². The number of hydrogen-bond acceptors (Lipinski definition) is 39. The van der Waals surface area contributed by atoms with Gasteiger partial charge in [-0.15, -0.1) is 0 Å². The summed E-state index contributed by atoms with van der Waals surface area (Å²) >= 11 is 0. The first-order valence-electron chi connectivity index (χ1n) is 30.3. The summed E-state index contributed by atoms with van der Waals surface area (Å²) in [5.74, 6) is -16.4. The van der Waals surface area contributed by atoms with Gasteiger partial charge in [0.05, 0.1) is 13.2 Å². The fourth-order valence-corrected chi connectivity index (χ4v) is 10.9. The summed E-state index contributed by atoms with van der Waals surface area (Å²) in [6.07, 6.45) is -49.5. The summed E-state index contributed by atoms with van der Waals surface area (Å²) in [7, 11) is 0. The Balaban J connectivity index is 1.80. The molecule has 0 bridgehead atoms. The highest BCUT2D eigenvalue weighted by molar-refractivity contribution is 5.72. The molecule has 0 aromatic rings. The van der Waals surface area contributed by atoms with Crippen molar-refractivity contribution in [1.82, 2.24) is 0 Å². The van der Waals surface area contributed by atoms with Crippen LogP contribution in [0.25, 0.3) is 0 Å². The molecule has 0 aliphatic carbocycles. The number of carbonyl (C=O) groups excluding carboxylic acids is 15. The molecule has 5 fully saturated rings. The summed E-state index contributed by atoms with van der Waals surface area (Å²) in [5, 5.41) is 0. The van der Waals surface area contributed by atoms with Crippen molar-refractivity contribution in [1.29, 1.82) is 0 Å². The van der Waals surface area contributed by atoms with Crippen LogP contribution in [0, 0.1) is 0 Å². The molecule has 0 amide bonds. The molecule has 0 aromatic heterocycles. The average molecular weight is 1430 g/mol. The van der Waals surface area contributed by atoms with Gasteiger partial charge >= 0.3 is 89.5 Å². The SMILES string of the molecule is CC(=O)OC[C@H]1O[C@@H](O[C@H]2[C@H](OC(C)=O)[C@@H](OC(C)=O)[C@H](O[C@H]3[C@H](OC(C)=O)[C@@H](OC(C)=O)[C@H](O[C@H]4[C@H](OC(C)=O)[C@@H](OC(C)=O)[C@@H](F)O[C@@H]4COC(C)=O)O[C@@H]3CO[C@H]3OC[C@@H](OC(C)=O)[C@H](OC(C)=O)[C@H]3OC(C)=O)O[C@@H]2COC(C)=O)[C@H](OC(C)=O)[C@@H](OC(C)=O)[C@H]1OC(C)=O. The van der Waals surface area contributed by atoms with E-state index in [1.54, 1.807) is 0 Å². The lowest BCUT2D eigenvalue weighted by Gasteiger charge is -2.51. The molecule has 40 heteroatoms. The van der Waals surface area contributed by atoms with Crippen molar-refractivity contribution in [3.63, 3.8) is 0 Å². The molecule has 0 saturated carbocycles. The molecule has 5 rings (SSSR count). The quantitative estimate of drug-likeness (QED) is 0.0650. The third kappa shape index (κ3) is 24.2. The van der Waals surface area contributed by atoms with Crippen molar-refractivity contribution in [3.8, 4) is 0 Å². The van der Waals surface area contributed by atoms with Crippen molar-refractivity contribution in [2.45, 2.75) is 251 Å². The van der Waals surface area contributed by atoms with Gasteiger partial charge in [-0.2, -0.15) is 0 Å². The fourth-order valence-electron chi connectivity index (χ4n) is 10.9. The molecular formula is C59H79FO39. The molecule has 39 nitrogen and oxygen atoms in total. The van der Waals surface area contributed by atoms with Crippen LogP contribution in [-0.2, 0) is 186 Å². The molecule has 0 unspecified atom stereocenters. The molecule has 0 aromatic carbocycles. The summed E-state index contributed by atoms with van der Waals surface area (Å²) < 4.78 is 155. The third-order valence-electron chi connectivity index (χ3n) is 14.0. The van der Waals surface area contributed by atoms with Gasteiger partial charge in [-0.05, 0) is 0 Å². The van der Waals surface area contributed by atoms with Crippen LogP contribution < -0.4 is 0 Å². The second-order valence-corrected chi connectivity index (χ2v) is 22.4. The predicted molar refractivity (Wildman–Crippen MR) is 303 cm³/mol. The van der Waals surface area contributed by atoms with Gasteiger partial charge in [-0.25, -0.2) is 4.39 Å². The van der Waals surface area contributed by atoms with Gasteiger partial charge in [-0.3, -0.25) is 71.9 Å².